The quantitative estimate of drug-likeness (QED) is 0.701. The van der Waals surface area contributed by atoms with Gasteiger partial charge in [-0.15, -0.1) is 0 Å². The summed E-state index contributed by atoms with van der Waals surface area (Å²) in [4.78, 5) is 37.2. The minimum Gasteiger partial charge on any atom is -0.370 e. The molecule has 1 heterocycles. The van der Waals surface area contributed by atoms with Gasteiger partial charge in [-0.2, -0.15) is 0 Å². The van der Waals surface area contributed by atoms with Crippen molar-refractivity contribution in [1.82, 2.24) is 9.80 Å². The molecular weight excluding hydrogens is 222 g/mol. The van der Waals surface area contributed by atoms with Crippen molar-refractivity contribution in [3.8, 4) is 0 Å². The summed E-state index contributed by atoms with van der Waals surface area (Å²) in [6, 6.07) is 0. The molecule has 1 aliphatic heterocycles. The van der Waals surface area contributed by atoms with E-state index in [4.69, 9.17) is 5.73 Å². The second-order valence-electron chi connectivity index (χ2n) is 4.40. The topological polar surface area (TPSA) is 83.7 Å². The van der Waals surface area contributed by atoms with Gasteiger partial charge in [0.15, 0.2) is 0 Å². The van der Waals surface area contributed by atoms with Crippen LogP contribution in [0.5, 0.6) is 0 Å². The second kappa shape index (κ2) is 5.65. The number of carbonyl (C=O) groups excluding carboxylic acids is 3. The lowest BCUT2D eigenvalue weighted by molar-refractivity contribution is -0.142. The summed E-state index contributed by atoms with van der Waals surface area (Å²) in [5, 5.41) is 0. The van der Waals surface area contributed by atoms with Gasteiger partial charge < -0.3 is 15.5 Å². The highest BCUT2D eigenvalue weighted by atomic mass is 16.2. The summed E-state index contributed by atoms with van der Waals surface area (Å²) in [6.07, 6.45) is 0.0752. The summed E-state index contributed by atoms with van der Waals surface area (Å²) in [6.45, 7) is 5.40. The van der Waals surface area contributed by atoms with Gasteiger partial charge in [0.1, 0.15) is 0 Å². The highest BCUT2D eigenvalue weighted by Gasteiger charge is 2.26. The van der Waals surface area contributed by atoms with E-state index in [1.165, 1.54) is 6.92 Å². The van der Waals surface area contributed by atoms with Gasteiger partial charge in [-0.05, 0) is 0 Å². The molecule has 1 atom stereocenters. The van der Waals surface area contributed by atoms with E-state index >= 15 is 0 Å². The van der Waals surface area contributed by atoms with Gasteiger partial charge in [0, 0.05) is 45.4 Å². The number of piperazine rings is 1. The SMILES string of the molecule is CC(=O)N1CCN(C(=O)C(C)CC(N)=O)CC1. The largest absolute Gasteiger partial charge is 0.370 e. The molecule has 1 unspecified atom stereocenters. The van der Waals surface area contributed by atoms with Crippen molar-refractivity contribution in [2.24, 2.45) is 11.7 Å². The normalized spacial score (nSPS) is 17.8. The van der Waals surface area contributed by atoms with Crippen molar-refractivity contribution in [2.75, 3.05) is 26.2 Å². The van der Waals surface area contributed by atoms with Crippen LogP contribution < -0.4 is 5.73 Å². The molecule has 1 rings (SSSR count). The van der Waals surface area contributed by atoms with Crippen LogP contribution in [-0.4, -0.2) is 53.7 Å². The number of hydrogen-bond donors (Lipinski definition) is 1. The molecule has 0 aromatic carbocycles. The number of hydrogen-bond acceptors (Lipinski definition) is 3. The zero-order valence-electron chi connectivity index (χ0n) is 10.3. The molecule has 6 nitrogen and oxygen atoms in total. The highest BCUT2D eigenvalue weighted by Crippen LogP contribution is 2.10. The summed E-state index contributed by atoms with van der Waals surface area (Å²) >= 11 is 0. The van der Waals surface area contributed by atoms with Gasteiger partial charge in [0.25, 0.3) is 0 Å². The molecule has 0 aromatic heterocycles. The maximum atomic E-state index is 11.9. The van der Waals surface area contributed by atoms with Gasteiger partial charge in [0.2, 0.25) is 17.7 Å². The van der Waals surface area contributed by atoms with E-state index in [2.05, 4.69) is 0 Å². The Morgan fingerprint density at radius 2 is 1.59 bits per heavy atom. The first-order valence-electron chi connectivity index (χ1n) is 5.74. The average Bonchev–Trinajstić information content (AvgIpc) is 2.27. The molecule has 1 saturated heterocycles. The van der Waals surface area contributed by atoms with Crippen molar-refractivity contribution in [1.29, 1.82) is 0 Å². The number of primary amides is 1. The lowest BCUT2D eigenvalue weighted by Crippen LogP contribution is -2.51. The summed E-state index contributed by atoms with van der Waals surface area (Å²) < 4.78 is 0. The molecule has 0 spiro atoms. The van der Waals surface area contributed by atoms with E-state index in [0.717, 1.165) is 0 Å². The molecule has 0 bridgehead atoms. The predicted molar refractivity (Wildman–Crippen MR) is 61.8 cm³/mol. The molecule has 96 valence electrons. The van der Waals surface area contributed by atoms with E-state index in [1.54, 1.807) is 16.7 Å². The van der Waals surface area contributed by atoms with E-state index in [0.29, 0.717) is 26.2 Å². The number of amides is 3. The third kappa shape index (κ3) is 3.72. The van der Waals surface area contributed by atoms with Crippen LogP contribution in [0, 0.1) is 5.92 Å². The van der Waals surface area contributed by atoms with Crippen molar-refractivity contribution >= 4 is 17.7 Å². The van der Waals surface area contributed by atoms with Gasteiger partial charge >= 0.3 is 0 Å². The number of nitrogens with two attached hydrogens (primary N) is 1. The highest BCUT2D eigenvalue weighted by molar-refractivity contribution is 5.85. The Kier molecular flexibility index (Phi) is 4.48. The van der Waals surface area contributed by atoms with Crippen LogP contribution in [0.3, 0.4) is 0 Å². The fourth-order valence-electron chi connectivity index (χ4n) is 1.94. The molecule has 2 N–H and O–H groups in total. The number of nitrogens with zero attached hydrogens (tertiary/aromatic N) is 2. The van der Waals surface area contributed by atoms with Crippen LogP contribution in [0.1, 0.15) is 20.3 Å². The molecule has 1 aliphatic rings. The smallest absolute Gasteiger partial charge is 0.226 e. The molecule has 0 saturated carbocycles. The van der Waals surface area contributed by atoms with Crippen LogP contribution in [0.15, 0.2) is 0 Å². The lowest BCUT2D eigenvalue weighted by atomic mass is 10.1. The van der Waals surface area contributed by atoms with E-state index in [9.17, 15) is 14.4 Å². The fraction of sp³-hybridized carbons (Fsp3) is 0.727. The molecule has 1 fully saturated rings. The Morgan fingerprint density at radius 3 is 2.00 bits per heavy atom. The maximum absolute atomic E-state index is 11.9. The van der Waals surface area contributed by atoms with Crippen LogP contribution in [0.2, 0.25) is 0 Å². The predicted octanol–water partition coefficient (Wildman–Crippen LogP) is -0.811. The van der Waals surface area contributed by atoms with Crippen molar-refractivity contribution < 1.29 is 14.4 Å². The van der Waals surface area contributed by atoms with Gasteiger partial charge in [0.05, 0.1) is 0 Å². The molecule has 3 amide bonds. The molecule has 0 aromatic rings. The van der Waals surface area contributed by atoms with E-state index < -0.39 is 5.91 Å². The molecule has 0 radical (unpaired) electrons. The van der Waals surface area contributed by atoms with Crippen molar-refractivity contribution in [2.45, 2.75) is 20.3 Å². The number of rotatable bonds is 3. The van der Waals surface area contributed by atoms with Crippen LogP contribution in [0.4, 0.5) is 0 Å². The van der Waals surface area contributed by atoms with Crippen LogP contribution >= 0.6 is 0 Å². The third-order valence-corrected chi connectivity index (χ3v) is 2.97. The molecule has 17 heavy (non-hydrogen) atoms. The van der Waals surface area contributed by atoms with Gasteiger partial charge in [-0.25, -0.2) is 0 Å². The minimum absolute atomic E-state index is 0.0299. The first-order chi connectivity index (χ1) is 7.91. The molecule has 0 aliphatic carbocycles. The summed E-state index contributed by atoms with van der Waals surface area (Å²) in [5.74, 6) is -0.876. The Labute approximate surface area is 101 Å². The zero-order valence-corrected chi connectivity index (χ0v) is 10.3. The van der Waals surface area contributed by atoms with Gasteiger partial charge in [-0.3, -0.25) is 14.4 Å². The van der Waals surface area contributed by atoms with E-state index in [1.807, 2.05) is 0 Å². The lowest BCUT2D eigenvalue weighted by Gasteiger charge is -2.35. The Hall–Kier alpha value is -1.59. The summed E-state index contributed by atoms with van der Waals surface area (Å²) in [7, 11) is 0. The second-order valence-corrected chi connectivity index (χ2v) is 4.40. The summed E-state index contributed by atoms with van der Waals surface area (Å²) in [5.41, 5.74) is 5.06. The molecular formula is C11H19N3O3. The number of carbonyl (C=O) groups is 3. The minimum atomic E-state index is -0.465. The Bertz CT molecular complexity index is 322. The maximum Gasteiger partial charge on any atom is 0.226 e. The third-order valence-electron chi connectivity index (χ3n) is 2.97. The first kappa shape index (κ1) is 13.5. The Morgan fingerprint density at radius 1 is 1.12 bits per heavy atom. The van der Waals surface area contributed by atoms with Crippen molar-refractivity contribution in [3.05, 3.63) is 0 Å². The van der Waals surface area contributed by atoms with Gasteiger partial charge in [-0.1, -0.05) is 6.92 Å². The Balaban J connectivity index is 2.45. The first-order valence-corrected chi connectivity index (χ1v) is 5.74. The van der Waals surface area contributed by atoms with Crippen LogP contribution in [0.25, 0.3) is 0 Å². The fourth-order valence-corrected chi connectivity index (χ4v) is 1.94. The monoisotopic (exact) mass is 241 g/mol. The van der Waals surface area contributed by atoms with Crippen molar-refractivity contribution in [3.63, 3.8) is 0 Å². The van der Waals surface area contributed by atoms with E-state index in [-0.39, 0.29) is 24.2 Å². The zero-order chi connectivity index (χ0) is 13.0. The van der Waals surface area contributed by atoms with Crippen LogP contribution in [-0.2, 0) is 14.4 Å². The molecule has 6 heteroatoms. The standard InChI is InChI=1S/C11H19N3O3/c1-8(7-10(12)16)11(17)14-5-3-13(4-6-14)9(2)15/h8H,3-7H2,1-2H3,(H2,12,16). The average molecular weight is 241 g/mol.